The van der Waals surface area contributed by atoms with Crippen molar-refractivity contribution in [3.05, 3.63) is 104 Å². The lowest BCUT2D eigenvalue weighted by atomic mass is 10.2. The summed E-state index contributed by atoms with van der Waals surface area (Å²) in [5, 5.41) is 0. The van der Waals surface area contributed by atoms with Crippen LogP contribution in [0.3, 0.4) is 0 Å². The normalized spacial score (nSPS) is 10.5. The minimum atomic E-state index is -4.13. The van der Waals surface area contributed by atoms with E-state index in [1.807, 2.05) is 0 Å². The summed E-state index contributed by atoms with van der Waals surface area (Å²) in [6.45, 7) is 0. The predicted molar refractivity (Wildman–Crippen MR) is 90.1 cm³/mol. The van der Waals surface area contributed by atoms with Gasteiger partial charge in [-0.05, 0) is 29.8 Å². The highest BCUT2D eigenvalue weighted by Crippen LogP contribution is 2.02. The Bertz CT molecular complexity index is 783. The SMILES string of the molecule is O=S(=O)([O-])Cc1ccccc1.c1ccc([I+]c2ccccc2)cc1. The van der Waals surface area contributed by atoms with Crippen molar-refractivity contribution in [2.45, 2.75) is 5.75 Å². The molecule has 3 aromatic carbocycles. The Morgan fingerprint density at radius 3 is 1.42 bits per heavy atom. The number of benzene rings is 3. The zero-order valence-electron chi connectivity index (χ0n) is 12.9. The van der Waals surface area contributed by atoms with E-state index >= 15 is 0 Å². The van der Waals surface area contributed by atoms with Gasteiger partial charge >= 0.3 is 21.2 Å². The van der Waals surface area contributed by atoms with Gasteiger partial charge < -0.3 is 4.55 Å². The summed E-state index contributed by atoms with van der Waals surface area (Å²) in [5.74, 6) is -0.423. The molecule has 0 unspecified atom stereocenters. The van der Waals surface area contributed by atoms with Crippen molar-refractivity contribution in [2.24, 2.45) is 0 Å². The fourth-order valence-corrected chi connectivity index (χ4v) is 4.73. The largest absolute Gasteiger partial charge is 0.748 e. The van der Waals surface area contributed by atoms with Crippen LogP contribution in [0.4, 0.5) is 0 Å². The first kappa shape index (κ1) is 18.6. The molecule has 0 aliphatic rings. The second-order valence-electron chi connectivity index (χ2n) is 4.87. The third kappa shape index (κ3) is 7.72. The molecule has 0 atom stereocenters. The van der Waals surface area contributed by atoms with Gasteiger partial charge in [0.05, 0.1) is 15.9 Å². The van der Waals surface area contributed by atoms with Crippen LogP contribution in [0.1, 0.15) is 5.56 Å². The maximum atomic E-state index is 10.2. The van der Waals surface area contributed by atoms with Crippen LogP contribution in [0, 0.1) is 7.14 Å². The number of hydrogen-bond acceptors (Lipinski definition) is 3. The number of rotatable bonds is 4. The Balaban J connectivity index is 0.000000177. The van der Waals surface area contributed by atoms with E-state index in [4.69, 9.17) is 0 Å². The van der Waals surface area contributed by atoms with Crippen molar-refractivity contribution in [3.8, 4) is 0 Å². The molecular weight excluding hydrogens is 435 g/mol. The molecule has 0 amide bonds. The molecule has 3 nitrogen and oxygen atoms in total. The van der Waals surface area contributed by atoms with Crippen LogP contribution in [0.2, 0.25) is 0 Å². The van der Waals surface area contributed by atoms with Gasteiger partial charge in [0.2, 0.25) is 0 Å². The molecule has 5 heteroatoms. The molecule has 0 radical (unpaired) electrons. The van der Waals surface area contributed by atoms with Crippen LogP contribution < -0.4 is 21.2 Å². The fourth-order valence-electron chi connectivity index (χ4n) is 1.86. The quantitative estimate of drug-likeness (QED) is 0.429. The molecule has 24 heavy (non-hydrogen) atoms. The monoisotopic (exact) mass is 452 g/mol. The predicted octanol–water partition coefficient (Wildman–Crippen LogP) is 0.547. The van der Waals surface area contributed by atoms with Crippen LogP contribution in [0.5, 0.6) is 0 Å². The van der Waals surface area contributed by atoms with Crippen molar-refractivity contribution in [2.75, 3.05) is 0 Å². The third-order valence-corrected chi connectivity index (χ3v) is 6.24. The van der Waals surface area contributed by atoms with Gasteiger partial charge in [-0.2, -0.15) is 0 Å². The topological polar surface area (TPSA) is 57.2 Å². The van der Waals surface area contributed by atoms with Gasteiger partial charge in [0.25, 0.3) is 0 Å². The molecule has 0 heterocycles. The molecule has 0 bridgehead atoms. The Morgan fingerprint density at radius 1 is 0.667 bits per heavy atom. The minimum absolute atomic E-state index is 0.0287. The van der Waals surface area contributed by atoms with Crippen molar-refractivity contribution < 1.29 is 34.2 Å². The van der Waals surface area contributed by atoms with Crippen molar-refractivity contribution in [1.82, 2.24) is 0 Å². The van der Waals surface area contributed by atoms with E-state index < -0.39 is 15.9 Å². The van der Waals surface area contributed by atoms with Crippen LogP contribution in [-0.2, 0) is 15.9 Å². The summed E-state index contributed by atoms with van der Waals surface area (Å²) in [7, 11) is -4.13. The third-order valence-electron chi connectivity index (χ3n) is 2.87. The Kier molecular flexibility index (Phi) is 7.42. The molecule has 0 aliphatic carbocycles. The highest BCUT2D eigenvalue weighted by molar-refractivity contribution is 7.84. The van der Waals surface area contributed by atoms with Gasteiger partial charge in [-0.15, -0.1) is 0 Å². The first-order valence-electron chi connectivity index (χ1n) is 7.25. The van der Waals surface area contributed by atoms with E-state index in [1.165, 1.54) is 7.14 Å². The summed E-state index contributed by atoms with van der Waals surface area (Å²) in [5.41, 5.74) is 0.530. The lowest BCUT2D eigenvalue weighted by Crippen LogP contribution is -3.61. The summed E-state index contributed by atoms with van der Waals surface area (Å²) in [4.78, 5) is 0. The van der Waals surface area contributed by atoms with Crippen LogP contribution in [-0.4, -0.2) is 13.0 Å². The van der Waals surface area contributed by atoms with Gasteiger partial charge in [-0.1, -0.05) is 66.7 Å². The molecule has 0 aliphatic heterocycles. The summed E-state index contributed by atoms with van der Waals surface area (Å²) in [6.07, 6.45) is 0. The highest BCUT2D eigenvalue weighted by Gasteiger charge is 2.12. The molecule has 3 aromatic rings. The van der Waals surface area contributed by atoms with Crippen molar-refractivity contribution in [1.29, 1.82) is 0 Å². The van der Waals surface area contributed by atoms with Gasteiger partial charge in [0, 0.05) is 0 Å². The van der Waals surface area contributed by atoms with E-state index in [0.717, 1.165) is 0 Å². The molecule has 0 saturated heterocycles. The van der Waals surface area contributed by atoms with Crippen molar-refractivity contribution in [3.63, 3.8) is 0 Å². The van der Waals surface area contributed by atoms with E-state index in [-0.39, 0.29) is 21.2 Å². The summed E-state index contributed by atoms with van der Waals surface area (Å²) in [6, 6.07) is 29.8. The van der Waals surface area contributed by atoms with Gasteiger partial charge in [0.1, 0.15) is 0 Å². The van der Waals surface area contributed by atoms with E-state index in [9.17, 15) is 13.0 Å². The summed E-state index contributed by atoms with van der Waals surface area (Å²) >= 11 is 0.0287. The van der Waals surface area contributed by atoms with E-state index in [2.05, 4.69) is 60.7 Å². The Morgan fingerprint density at radius 2 is 1.04 bits per heavy atom. The van der Waals surface area contributed by atoms with Gasteiger partial charge in [-0.3, -0.25) is 0 Å². The lowest BCUT2D eigenvalue weighted by molar-refractivity contribution is -0.597. The maximum absolute atomic E-state index is 10.2. The smallest absolute Gasteiger partial charge is 0.357 e. The molecule has 0 spiro atoms. The van der Waals surface area contributed by atoms with Crippen LogP contribution in [0.15, 0.2) is 91.0 Å². The zero-order valence-corrected chi connectivity index (χ0v) is 15.9. The molecule has 0 saturated carbocycles. The van der Waals surface area contributed by atoms with Crippen molar-refractivity contribution >= 4 is 10.1 Å². The fraction of sp³-hybridized carbons (Fsp3) is 0.0526. The number of halogens is 1. The molecule has 3 rings (SSSR count). The Labute approximate surface area is 153 Å². The average molecular weight is 452 g/mol. The molecule has 0 aromatic heterocycles. The van der Waals surface area contributed by atoms with Gasteiger partial charge in [-0.25, -0.2) is 8.42 Å². The first-order chi connectivity index (χ1) is 11.5. The standard InChI is InChI=1S/C12H10I.C7H8O3S/c1-3-7-11(8-4-1)13-12-9-5-2-6-10-12;8-11(9,10)6-7-4-2-1-3-5-7/h1-10H;1-5H,6H2,(H,8,9,10)/q+1;/p-1. The molecule has 0 N–H and O–H groups in total. The minimum Gasteiger partial charge on any atom is -0.748 e. The van der Waals surface area contributed by atoms with E-state index in [0.29, 0.717) is 5.56 Å². The molecule has 0 fully saturated rings. The van der Waals surface area contributed by atoms with Crippen LogP contribution >= 0.6 is 0 Å². The Hall–Kier alpha value is -1.70. The van der Waals surface area contributed by atoms with E-state index in [1.54, 1.807) is 30.3 Å². The second-order valence-corrected chi connectivity index (χ2v) is 9.31. The highest BCUT2D eigenvalue weighted by atomic mass is 127. The lowest BCUT2D eigenvalue weighted by Gasteiger charge is -2.05. The molecule has 124 valence electrons. The first-order valence-corrected chi connectivity index (χ1v) is 11.0. The number of hydrogen-bond donors (Lipinski definition) is 0. The zero-order chi connectivity index (χ0) is 17.3. The van der Waals surface area contributed by atoms with Crippen LogP contribution in [0.25, 0.3) is 0 Å². The maximum Gasteiger partial charge on any atom is 0.357 e. The average Bonchev–Trinajstić information content (AvgIpc) is 2.57. The summed E-state index contributed by atoms with van der Waals surface area (Å²) < 4.78 is 33.7. The molecular formula is C19H17IO3S. The second kappa shape index (κ2) is 9.56. The van der Waals surface area contributed by atoms with Gasteiger partial charge in [0.15, 0.2) is 7.14 Å².